The number of nitrogens with zero attached hydrogens (tertiary/aromatic N) is 2. The number of nitrogens with two attached hydrogens (primary N) is 1. The molecular weight excluding hydrogens is 248 g/mol. The van der Waals surface area contributed by atoms with Crippen LogP contribution in [0.25, 0.3) is 0 Å². The van der Waals surface area contributed by atoms with Gasteiger partial charge in [0.05, 0.1) is 16.8 Å². The number of nitrogens with one attached hydrogen (secondary N) is 1. The number of hydrogen-bond acceptors (Lipinski definition) is 5. The summed E-state index contributed by atoms with van der Waals surface area (Å²) in [5.41, 5.74) is 6.13. The van der Waals surface area contributed by atoms with E-state index in [-0.39, 0.29) is 16.8 Å². The van der Waals surface area contributed by atoms with Gasteiger partial charge in [-0.2, -0.15) is 0 Å². The maximum Gasteiger partial charge on any atom is 0.337 e. The van der Waals surface area contributed by atoms with Crippen LogP contribution in [0, 0.1) is 0 Å². The zero-order valence-corrected chi connectivity index (χ0v) is 9.70. The summed E-state index contributed by atoms with van der Waals surface area (Å²) in [6.07, 6.45) is 3.96. The molecular formula is C12H10N4O3. The molecule has 1 amide bonds. The number of carbonyl (C=O) groups excluding carboxylic acids is 1. The number of nitrogen functional groups attached to an aromatic ring is 1. The number of aromatic nitrogens is 2. The minimum atomic E-state index is -1.17. The Bertz CT molecular complexity index is 628. The molecule has 0 saturated heterocycles. The fourth-order valence-electron chi connectivity index (χ4n) is 1.46. The van der Waals surface area contributed by atoms with Gasteiger partial charge in [0, 0.05) is 18.1 Å². The van der Waals surface area contributed by atoms with Crippen LogP contribution in [0.3, 0.4) is 0 Å². The molecule has 1 aromatic heterocycles. The topological polar surface area (TPSA) is 118 Å². The summed E-state index contributed by atoms with van der Waals surface area (Å²) in [6, 6.07) is 4.21. The molecule has 0 fully saturated rings. The monoisotopic (exact) mass is 258 g/mol. The standard InChI is InChI=1S/C12H10N4O3/c13-8-1-2-10(9(3-8)12(18)19)16-11(17)7-4-14-6-15-5-7/h1-6H,13H2,(H,16,17)(H,18,19). The quantitative estimate of drug-likeness (QED) is 0.707. The first kappa shape index (κ1) is 12.5. The van der Waals surface area contributed by atoms with Gasteiger partial charge in [-0.25, -0.2) is 14.8 Å². The fourth-order valence-corrected chi connectivity index (χ4v) is 1.46. The largest absolute Gasteiger partial charge is 0.478 e. The van der Waals surface area contributed by atoms with Gasteiger partial charge < -0.3 is 16.2 Å². The van der Waals surface area contributed by atoms with E-state index in [1.165, 1.54) is 36.9 Å². The SMILES string of the molecule is Nc1ccc(NC(=O)c2cncnc2)c(C(=O)O)c1. The van der Waals surface area contributed by atoms with Gasteiger partial charge in [0.1, 0.15) is 6.33 Å². The highest BCUT2D eigenvalue weighted by molar-refractivity contribution is 6.07. The number of benzene rings is 1. The van der Waals surface area contributed by atoms with Crippen molar-refractivity contribution in [2.24, 2.45) is 0 Å². The molecule has 0 aliphatic rings. The maximum absolute atomic E-state index is 11.9. The van der Waals surface area contributed by atoms with E-state index in [4.69, 9.17) is 10.8 Å². The normalized spacial score (nSPS) is 9.89. The minimum Gasteiger partial charge on any atom is -0.478 e. The Morgan fingerprint density at radius 2 is 1.89 bits per heavy atom. The molecule has 19 heavy (non-hydrogen) atoms. The Hall–Kier alpha value is -2.96. The summed E-state index contributed by atoms with van der Waals surface area (Å²) < 4.78 is 0. The van der Waals surface area contributed by atoms with Crippen LogP contribution in [-0.2, 0) is 0 Å². The fraction of sp³-hybridized carbons (Fsp3) is 0. The third-order valence-electron chi connectivity index (χ3n) is 2.34. The molecule has 0 unspecified atom stereocenters. The molecule has 1 aromatic carbocycles. The van der Waals surface area contributed by atoms with Gasteiger partial charge in [-0.05, 0) is 18.2 Å². The number of carboxylic acid groups (broad SMARTS) is 1. The van der Waals surface area contributed by atoms with E-state index >= 15 is 0 Å². The Morgan fingerprint density at radius 3 is 2.53 bits per heavy atom. The third-order valence-corrected chi connectivity index (χ3v) is 2.34. The van der Waals surface area contributed by atoms with Crippen molar-refractivity contribution in [3.8, 4) is 0 Å². The molecule has 96 valence electrons. The molecule has 1 heterocycles. The first-order chi connectivity index (χ1) is 9.08. The number of rotatable bonds is 3. The predicted molar refractivity (Wildman–Crippen MR) is 67.8 cm³/mol. The number of aromatic carboxylic acids is 1. The zero-order chi connectivity index (χ0) is 13.8. The van der Waals surface area contributed by atoms with Crippen molar-refractivity contribution in [1.82, 2.24) is 9.97 Å². The molecule has 0 aliphatic carbocycles. The average Bonchev–Trinajstić information content (AvgIpc) is 2.41. The van der Waals surface area contributed by atoms with E-state index in [1.807, 2.05) is 0 Å². The van der Waals surface area contributed by atoms with Gasteiger partial charge in [-0.1, -0.05) is 0 Å². The van der Waals surface area contributed by atoms with E-state index in [9.17, 15) is 9.59 Å². The smallest absolute Gasteiger partial charge is 0.337 e. The predicted octanol–water partition coefficient (Wildman–Crippen LogP) is 1.01. The van der Waals surface area contributed by atoms with Crippen LogP contribution in [0.4, 0.5) is 11.4 Å². The van der Waals surface area contributed by atoms with Crippen molar-refractivity contribution in [1.29, 1.82) is 0 Å². The van der Waals surface area contributed by atoms with Crippen molar-refractivity contribution >= 4 is 23.3 Å². The Labute approximate surface area is 108 Å². The van der Waals surface area contributed by atoms with Crippen LogP contribution in [-0.4, -0.2) is 27.0 Å². The maximum atomic E-state index is 11.9. The van der Waals surface area contributed by atoms with Gasteiger partial charge in [0.2, 0.25) is 0 Å². The van der Waals surface area contributed by atoms with E-state index in [1.54, 1.807) is 0 Å². The van der Waals surface area contributed by atoms with Crippen molar-refractivity contribution < 1.29 is 14.7 Å². The van der Waals surface area contributed by atoms with E-state index in [2.05, 4.69) is 15.3 Å². The molecule has 0 aliphatic heterocycles. The van der Waals surface area contributed by atoms with Gasteiger partial charge in [0.25, 0.3) is 5.91 Å². The average molecular weight is 258 g/mol. The van der Waals surface area contributed by atoms with Crippen LogP contribution in [0.5, 0.6) is 0 Å². The van der Waals surface area contributed by atoms with Crippen molar-refractivity contribution in [2.45, 2.75) is 0 Å². The first-order valence-electron chi connectivity index (χ1n) is 5.27. The summed E-state index contributed by atoms with van der Waals surface area (Å²) in [4.78, 5) is 30.3. The van der Waals surface area contributed by atoms with Gasteiger partial charge in [-0.15, -0.1) is 0 Å². The first-order valence-corrected chi connectivity index (χ1v) is 5.27. The Kier molecular flexibility index (Phi) is 3.37. The summed E-state index contributed by atoms with van der Waals surface area (Å²) in [7, 11) is 0. The number of amides is 1. The van der Waals surface area contributed by atoms with Crippen molar-refractivity contribution in [3.63, 3.8) is 0 Å². The number of hydrogen-bond donors (Lipinski definition) is 3. The second-order valence-electron chi connectivity index (χ2n) is 3.69. The molecule has 0 spiro atoms. The summed E-state index contributed by atoms with van der Waals surface area (Å²) >= 11 is 0. The lowest BCUT2D eigenvalue weighted by molar-refractivity contribution is 0.0698. The van der Waals surface area contributed by atoms with Crippen molar-refractivity contribution in [3.05, 3.63) is 48.0 Å². The summed E-state index contributed by atoms with van der Waals surface area (Å²) in [5.74, 6) is -1.67. The van der Waals surface area contributed by atoms with Gasteiger partial charge >= 0.3 is 5.97 Å². The second-order valence-corrected chi connectivity index (χ2v) is 3.69. The molecule has 0 bridgehead atoms. The van der Waals surface area contributed by atoms with Crippen LogP contribution in [0.2, 0.25) is 0 Å². The lowest BCUT2D eigenvalue weighted by atomic mass is 10.1. The highest BCUT2D eigenvalue weighted by atomic mass is 16.4. The minimum absolute atomic E-state index is 0.0785. The van der Waals surface area contributed by atoms with Crippen LogP contribution >= 0.6 is 0 Å². The zero-order valence-electron chi connectivity index (χ0n) is 9.70. The number of carboxylic acids is 1. The van der Waals surface area contributed by atoms with Gasteiger partial charge in [0.15, 0.2) is 0 Å². The lowest BCUT2D eigenvalue weighted by Gasteiger charge is -2.08. The van der Waals surface area contributed by atoms with Gasteiger partial charge in [-0.3, -0.25) is 4.79 Å². The highest BCUT2D eigenvalue weighted by Gasteiger charge is 2.14. The molecule has 0 radical (unpaired) electrons. The van der Waals surface area contributed by atoms with Crippen LogP contribution < -0.4 is 11.1 Å². The van der Waals surface area contributed by atoms with E-state index in [0.717, 1.165) is 0 Å². The summed E-state index contributed by atoms with van der Waals surface area (Å²) in [6.45, 7) is 0. The molecule has 0 saturated carbocycles. The van der Waals surface area contributed by atoms with Crippen LogP contribution in [0.1, 0.15) is 20.7 Å². The lowest BCUT2D eigenvalue weighted by Crippen LogP contribution is -2.15. The Balaban J connectivity index is 2.29. The molecule has 0 atom stereocenters. The van der Waals surface area contributed by atoms with E-state index in [0.29, 0.717) is 5.69 Å². The molecule has 4 N–H and O–H groups in total. The highest BCUT2D eigenvalue weighted by Crippen LogP contribution is 2.19. The Morgan fingerprint density at radius 1 is 1.21 bits per heavy atom. The third kappa shape index (κ3) is 2.83. The number of anilines is 2. The molecule has 2 aromatic rings. The molecule has 2 rings (SSSR count). The summed E-state index contributed by atoms with van der Waals surface area (Å²) in [5, 5.41) is 11.5. The number of carbonyl (C=O) groups is 2. The molecule has 7 nitrogen and oxygen atoms in total. The van der Waals surface area contributed by atoms with Crippen molar-refractivity contribution in [2.75, 3.05) is 11.1 Å². The van der Waals surface area contributed by atoms with E-state index < -0.39 is 11.9 Å². The van der Waals surface area contributed by atoms with Crippen LogP contribution in [0.15, 0.2) is 36.9 Å². The second kappa shape index (κ2) is 5.13. The molecule has 7 heteroatoms.